The van der Waals surface area contributed by atoms with Crippen molar-refractivity contribution in [3.05, 3.63) is 28.8 Å². The van der Waals surface area contributed by atoms with Crippen molar-refractivity contribution in [1.82, 2.24) is 5.32 Å². The number of hydrogen-bond donors (Lipinski definition) is 2. The fourth-order valence-corrected chi connectivity index (χ4v) is 2.45. The second-order valence-electron chi connectivity index (χ2n) is 4.49. The number of benzene rings is 1. The van der Waals surface area contributed by atoms with Gasteiger partial charge in [0.05, 0.1) is 0 Å². The van der Waals surface area contributed by atoms with E-state index in [1.165, 1.54) is 32.1 Å². The Morgan fingerprint density at radius 1 is 1.25 bits per heavy atom. The SMILES string of the molecule is Oc1ccc(Cl)cc1CNC1CCCCC1. The number of phenols is 1. The van der Waals surface area contributed by atoms with E-state index in [4.69, 9.17) is 11.6 Å². The molecule has 1 aromatic carbocycles. The maximum atomic E-state index is 9.67. The van der Waals surface area contributed by atoms with E-state index in [1.807, 2.05) is 6.07 Å². The molecule has 2 N–H and O–H groups in total. The molecule has 1 aliphatic rings. The molecule has 1 aliphatic carbocycles. The summed E-state index contributed by atoms with van der Waals surface area (Å²) < 4.78 is 0. The summed E-state index contributed by atoms with van der Waals surface area (Å²) in [6.45, 7) is 0.705. The van der Waals surface area contributed by atoms with Crippen molar-refractivity contribution in [2.24, 2.45) is 0 Å². The van der Waals surface area contributed by atoms with E-state index in [1.54, 1.807) is 12.1 Å². The van der Waals surface area contributed by atoms with Crippen LogP contribution < -0.4 is 5.32 Å². The fourth-order valence-electron chi connectivity index (χ4n) is 2.26. The first kappa shape index (κ1) is 11.7. The van der Waals surface area contributed by atoms with Gasteiger partial charge in [0.15, 0.2) is 0 Å². The van der Waals surface area contributed by atoms with Gasteiger partial charge in [-0.15, -0.1) is 0 Å². The van der Waals surface area contributed by atoms with Crippen LogP contribution in [0.5, 0.6) is 5.75 Å². The summed E-state index contributed by atoms with van der Waals surface area (Å²) in [5, 5.41) is 13.8. The minimum atomic E-state index is 0.327. The maximum Gasteiger partial charge on any atom is 0.120 e. The lowest BCUT2D eigenvalue weighted by Crippen LogP contribution is -2.30. The summed E-state index contributed by atoms with van der Waals surface area (Å²) in [7, 11) is 0. The van der Waals surface area contributed by atoms with Gasteiger partial charge in [-0.25, -0.2) is 0 Å². The molecule has 1 fully saturated rings. The van der Waals surface area contributed by atoms with Crippen LogP contribution in [0.4, 0.5) is 0 Å². The Balaban J connectivity index is 1.90. The van der Waals surface area contributed by atoms with Crippen LogP contribution in [0.25, 0.3) is 0 Å². The Morgan fingerprint density at radius 3 is 2.75 bits per heavy atom. The van der Waals surface area contributed by atoms with E-state index in [2.05, 4.69) is 5.32 Å². The molecule has 88 valence electrons. The number of phenolic OH excluding ortho intramolecular Hbond substituents is 1. The topological polar surface area (TPSA) is 32.3 Å². The fraction of sp³-hybridized carbons (Fsp3) is 0.538. The van der Waals surface area contributed by atoms with Gasteiger partial charge in [-0.2, -0.15) is 0 Å². The van der Waals surface area contributed by atoms with E-state index in [0.717, 1.165) is 5.56 Å². The van der Waals surface area contributed by atoms with Crippen molar-refractivity contribution in [3.8, 4) is 5.75 Å². The molecular formula is C13H18ClNO. The maximum absolute atomic E-state index is 9.67. The third-order valence-corrected chi connectivity index (χ3v) is 3.46. The van der Waals surface area contributed by atoms with Gasteiger partial charge in [-0.05, 0) is 31.0 Å². The number of nitrogens with one attached hydrogen (secondary N) is 1. The second kappa shape index (κ2) is 5.55. The summed E-state index contributed by atoms with van der Waals surface area (Å²) in [5.41, 5.74) is 0.887. The number of hydrogen-bond acceptors (Lipinski definition) is 2. The highest BCUT2D eigenvalue weighted by molar-refractivity contribution is 6.30. The second-order valence-corrected chi connectivity index (χ2v) is 4.93. The van der Waals surface area contributed by atoms with Crippen molar-refractivity contribution in [2.45, 2.75) is 44.7 Å². The van der Waals surface area contributed by atoms with Crippen LogP contribution in [-0.2, 0) is 6.54 Å². The van der Waals surface area contributed by atoms with Gasteiger partial charge in [0.25, 0.3) is 0 Å². The third-order valence-electron chi connectivity index (χ3n) is 3.23. The summed E-state index contributed by atoms with van der Waals surface area (Å²) >= 11 is 5.90. The number of rotatable bonds is 3. The van der Waals surface area contributed by atoms with E-state index >= 15 is 0 Å². The first-order valence-corrected chi connectivity index (χ1v) is 6.34. The molecule has 2 rings (SSSR count). The van der Waals surface area contributed by atoms with Crippen LogP contribution in [-0.4, -0.2) is 11.1 Å². The molecule has 0 atom stereocenters. The number of aromatic hydroxyl groups is 1. The van der Waals surface area contributed by atoms with E-state index in [0.29, 0.717) is 23.4 Å². The smallest absolute Gasteiger partial charge is 0.120 e. The predicted molar refractivity (Wildman–Crippen MR) is 66.8 cm³/mol. The molecular weight excluding hydrogens is 222 g/mol. The molecule has 3 heteroatoms. The molecule has 0 spiro atoms. The highest BCUT2D eigenvalue weighted by Gasteiger charge is 2.13. The lowest BCUT2D eigenvalue weighted by Gasteiger charge is -2.23. The summed E-state index contributed by atoms with van der Waals surface area (Å²) in [6, 6.07) is 5.79. The molecule has 16 heavy (non-hydrogen) atoms. The standard InChI is InChI=1S/C13H18ClNO/c14-11-6-7-13(16)10(8-11)9-15-12-4-2-1-3-5-12/h6-8,12,15-16H,1-5,9H2. The minimum Gasteiger partial charge on any atom is -0.508 e. The molecule has 0 aromatic heterocycles. The van der Waals surface area contributed by atoms with Crippen LogP contribution in [0.1, 0.15) is 37.7 Å². The van der Waals surface area contributed by atoms with Gasteiger partial charge in [0.1, 0.15) is 5.75 Å². The zero-order valence-corrected chi connectivity index (χ0v) is 10.1. The average Bonchev–Trinajstić information content (AvgIpc) is 2.32. The van der Waals surface area contributed by atoms with Gasteiger partial charge < -0.3 is 10.4 Å². The quantitative estimate of drug-likeness (QED) is 0.847. The molecule has 0 saturated heterocycles. The molecule has 0 amide bonds. The predicted octanol–water partition coefficient (Wildman–Crippen LogP) is 3.47. The van der Waals surface area contributed by atoms with Gasteiger partial charge in [-0.1, -0.05) is 30.9 Å². The summed E-state index contributed by atoms with van der Waals surface area (Å²) in [4.78, 5) is 0. The Bertz CT molecular complexity index is 348. The summed E-state index contributed by atoms with van der Waals surface area (Å²) in [6.07, 6.45) is 6.50. The molecule has 2 nitrogen and oxygen atoms in total. The van der Waals surface area contributed by atoms with Crippen LogP contribution >= 0.6 is 11.6 Å². The highest BCUT2D eigenvalue weighted by atomic mass is 35.5. The van der Waals surface area contributed by atoms with Crippen molar-refractivity contribution in [3.63, 3.8) is 0 Å². The zero-order valence-electron chi connectivity index (χ0n) is 9.38. The van der Waals surface area contributed by atoms with E-state index < -0.39 is 0 Å². The van der Waals surface area contributed by atoms with Gasteiger partial charge in [0.2, 0.25) is 0 Å². The van der Waals surface area contributed by atoms with Gasteiger partial charge in [0, 0.05) is 23.2 Å². The van der Waals surface area contributed by atoms with Crippen LogP contribution in [0.3, 0.4) is 0 Å². The Hall–Kier alpha value is -0.730. The largest absolute Gasteiger partial charge is 0.508 e. The Labute approximate surface area is 102 Å². The molecule has 1 aromatic rings. The first-order valence-electron chi connectivity index (χ1n) is 5.96. The number of halogens is 1. The van der Waals surface area contributed by atoms with Crippen molar-refractivity contribution >= 4 is 11.6 Å². The lowest BCUT2D eigenvalue weighted by molar-refractivity contribution is 0.369. The first-order chi connectivity index (χ1) is 7.75. The average molecular weight is 240 g/mol. The lowest BCUT2D eigenvalue weighted by atomic mass is 9.95. The van der Waals surface area contributed by atoms with Crippen molar-refractivity contribution in [2.75, 3.05) is 0 Å². The molecule has 0 bridgehead atoms. The van der Waals surface area contributed by atoms with Gasteiger partial charge >= 0.3 is 0 Å². The molecule has 1 saturated carbocycles. The van der Waals surface area contributed by atoms with Crippen LogP contribution in [0, 0.1) is 0 Å². The zero-order chi connectivity index (χ0) is 11.4. The molecule has 0 heterocycles. The van der Waals surface area contributed by atoms with Crippen LogP contribution in [0.15, 0.2) is 18.2 Å². The summed E-state index contributed by atoms with van der Waals surface area (Å²) in [5.74, 6) is 0.327. The minimum absolute atomic E-state index is 0.327. The van der Waals surface area contributed by atoms with E-state index in [9.17, 15) is 5.11 Å². The monoisotopic (exact) mass is 239 g/mol. The van der Waals surface area contributed by atoms with Crippen LogP contribution in [0.2, 0.25) is 5.02 Å². The normalized spacial score (nSPS) is 17.6. The Kier molecular flexibility index (Phi) is 4.08. The van der Waals surface area contributed by atoms with Crippen molar-refractivity contribution < 1.29 is 5.11 Å². The van der Waals surface area contributed by atoms with E-state index in [-0.39, 0.29) is 0 Å². The van der Waals surface area contributed by atoms with Gasteiger partial charge in [-0.3, -0.25) is 0 Å². The van der Waals surface area contributed by atoms with Crippen molar-refractivity contribution in [1.29, 1.82) is 0 Å². The molecule has 0 radical (unpaired) electrons. The Morgan fingerprint density at radius 2 is 2.00 bits per heavy atom. The highest BCUT2D eigenvalue weighted by Crippen LogP contribution is 2.23. The third kappa shape index (κ3) is 3.13. The molecule has 0 unspecified atom stereocenters. The molecule has 0 aliphatic heterocycles.